The Balaban J connectivity index is 1.82. The van der Waals surface area contributed by atoms with E-state index in [0.29, 0.717) is 24.9 Å². The van der Waals surface area contributed by atoms with Gasteiger partial charge >= 0.3 is 0 Å². The minimum absolute atomic E-state index is 0.124. The van der Waals surface area contributed by atoms with Gasteiger partial charge in [-0.25, -0.2) is 9.37 Å². The fourth-order valence-electron chi connectivity index (χ4n) is 2.76. The summed E-state index contributed by atoms with van der Waals surface area (Å²) in [6.45, 7) is 5.19. The molecule has 1 aliphatic rings. The van der Waals surface area contributed by atoms with Gasteiger partial charge in [0.1, 0.15) is 17.6 Å². The molecule has 0 radical (unpaired) electrons. The van der Waals surface area contributed by atoms with E-state index in [2.05, 4.69) is 20.4 Å². The first-order chi connectivity index (χ1) is 12.0. The normalized spacial score (nSPS) is 16.8. The fraction of sp³-hybridized carbons (Fsp3) is 0.529. The zero-order chi connectivity index (χ0) is 17.8. The number of carbonyl (C=O) groups is 1. The Labute approximate surface area is 145 Å². The van der Waals surface area contributed by atoms with Gasteiger partial charge < -0.3 is 14.6 Å². The number of amides is 1. The minimum Gasteiger partial charge on any atom is -0.381 e. The molecule has 1 unspecified atom stereocenters. The number of rotatable bonds is 5. The van der Waals surface area contributed by atoms with Crippen molar-refractivity contribution in [2.75, 3.05) is 13.2 Å². The molecule has 8 heteroatoms. The minimum atomic E-state index is -0.490. The summed E-state index contributed by atoms with van der Waals surface area (Å²) >= 11 is 0. The smallest absolute Gasteiger partial charge is 0.270 e. The molecule has 134 valence electrons. The Kier molecular flexibility index (Phi) is 5.37. The molecule has 1 aliphatic heterocycles. The van der Waals surface area contributed by atoms with Crippen LogP contribution in [-0.4, -0.2) is 34.2 Å². The maximum Gasteiger partial charge on any atom is 0.270 e. The third kappa shape index (κ3) is 4.19. The van der Waals surface area contributed by atoms with Gasteiger partial charge in [-0.3, -0.25) is 4.79 Å². The third-order valence-electron chi connectivity index (χ3n) is 4.22. The lowest BCUT2D eigenvalue weighted by Crippen LogP contribution is -2.36. The predicted molar refractivity (Wildman–Crippen MR) is 86.3 cm³/mol. The molecule has 1 saturated heterocycles. The van der Waals surface area contributed by atoms with Crippen molar-refractivity contribution in [1.29, 1.82) is 0 Å². The number of aromatic nitrogens is 3. The van der Waals surface area contributed by atoms with Crippen molar-refractivity contribution in [2.45, 2.75) is 38.6 Å². The van der Waals surface area contributed by atoms with E-state index in [4.69, 9.17) is 9.26 Å². The topological polar surface area (TPSA) is 90.1 Å². The first kappa shape index (κ1) is 17.5. The van der Waals surface area contributed by atoms with Crippen molar-refractivity contribution in [3.8, 4) is 0 Å². The van der Waals surface area contributed by atoms with E-state index in [-0.39, 0.29) is 17.5 Å². The van der Waals surface area contributed by atoms with Gasteiger partial charge in [-0.2, -0.15) is 4.98 Å². The molecule has 1 fully saturated rings. The van der Waals surface area contributed by atoms with Gasteiger partial charge in [0.05, 0.1) is 6.20 Å². The van der Waals surface area contributed by atoms with Crippen molar-refractivity contribution < 1.29 is 18.4 Å². The lowest BCUT2D eigenvalue weighted by Gasteiger charge is -2.28. The molecule has 0 aliphatic carbocycles. The van der Waals surface area contributed by atoms with E-state index in [1.165, 1.54) is 12.1 Å². The zero-order valence-electron chi connectivity index (χ0n) is 14.2. The highest BCUT2D eigenvalue weighted by molar-refractivity contribution is 5.92. The molecular formula is C17H21FN4O3. The molecule has 0 spiro atoms. The third-order valence-corrected chi connectivity index (χ3v) is 4.22. The van der Waals surface area contributed by atoms with Crippen LogP contribution in [0.5, 0.6) is 0 Å². The Bertz CT molecular complexity index is 711. The van der Waals surface area contributed by atoms with Crippen molar-refractivity contribution in [3.63, 3.8) is 0 Å². The second-order valence-corrected chi connectivity index (χ2v) is 6.41. The molecule has 3 rings (SSSR count). The average molecular weight is 348 g/mol. The molecule has 1 amide bonds. The summed E-state index contributed by atoms with van der Waals surface area (Å²) in [5.41, 5.74) is 0.141. The molecule has 1 atom stereocenters. The summed E-state index contributed by atoms with van der Waals surface area (Å²) < 4.78 is 23.8. The van der Waals surface area contributed by atoms with Gasteiger partial charge in [-0.05, 0) is 30.9 Å². The highest BCUT2D eigenvalue weighted by Crippen LogP contribution is 2.30. The van der Waals surface area contributed by atoms with E-state index in [1.54, 1.807) is 0 Å². The van der Waals surface area contributed by atoms with Crippen molar-refractivity contribution in [2.24, 2.45) is 5.92 Å². The summed E-state index contributed by atoms with van der Waals surface area (Å²) in [6, 6.07) is 2.12. The van der Waals surface area contributed by atoms with Crippen molar-refractivity contribution >= 4 is 5.91 Å². The molecular weight excluding hydrogens is 327 g/mol. The van der Waals surface area contributed by atoms with Crippen molar-refractivity contribution in [3.05, 3.63) is 41.6 Å². The van der Waals surface area contributed by atoms with Crippen molar-refractivity contribution in [1.82, 2.24) is 20.4 Å². The van der Waals surface area contributed by atoms with Gasteiger partial charge in [0.25, 0.3) is 5.91 Å². The first-order valence-electron chi connectivity index (χ1n) is 8.38. The lowest BCUT2D eigenvalue weighted by molar-refractivity contribution is 0.0467. The van der Waals surface area contributed by atoms with Gasteiger partial charge in [0, 0.05) is 19.1 Å². The molecule has 7 nitrogen and oxygen atoms in total. The predicted octanol–water partition coefficient (Wildman–Crippen LogP) is 2.62. The molecule has 0 aromatic carbocycles. The quantitative estimate of drug-likeness (QED) is 0.893. The summed E-state index contributed by atoms with van der Waals surface area (Å²) in [5.74, 6) is 0.338. The number of nitrogens with one attached hydrogen (secondary N) is 1. The number of carbonyl (C=O) groups excluding carboxylic acids is 1. The molecule has 0 bridgehead atoms. The second kappa shape index (κ2) is 7.69. The highest BCUT2D eigenvalue weighted by atomic mass is 19.1. The number of ether oxygens (including phenoxy) is 1. The summed E-state index contributed by atoms with van der Waals surface area (Å²) in [5, 5.41) is 6.90. The number of hydrogen-bond acceptors (Lipinski definition) is 6. The largest absolute Gasteiger partial charge is 0.381 e. The maximum absolute atomic E-state index is 13.0. The van der Waals surface area contributed by atoms with Crippen LogP contribution in [0.1, 0.15) is 60.9 Å². The first-order valence-corrected chi connectivity index (χ1v) is 8.38. The van der Waals surface area contributed by atoms with E-state index >= 15 is 0 Å². The van der Waals surface area contributed by atoms with Gasteiger partial charge in [0.15, 0.2) is 5.82 Å². The number of hydrogen-bond donors (Lipinski definition) is 1. The van der Waals surface area contributed by atoms with Gasteiger partial charge in [-0.15, -0.1) is 0 Å². The average Bonchev–Trinajstić information content (AvgIpc) is 3.11. The van der Waals surface area contributed by atoms with E-state index < -0.39 is 17.8 Å². The summed E-state index contributed by atoms with van der Waals surface area (Å²) in [4.78, 5) is 20.8. The van der Waals surface area contributed by atoms with E-state index in [0.717, 1.165) is 19.0 Å². The van der Waals surface area contributed by atoms with E-state index in [1.807, 2.05) is 13.8 Å². The lowest BCUT2D eigenvalue weighted by atomic mass is 9.91. The fourth-order valence-corrected chi connectivity index (χ4v) is 2.76. The Hall–Kier alpha value is -2.35. The number of nitrogens with zero attached hydrogens (tertiary/aromatic N) is 3. The number of pyridine rings is 1. The van der Waals surface area contributed by atoms with Crippen LogP contribution in [0.25, 0.3) is 0 Å². The van der Waals surface area contributed by atoms with Crippen LogP contribution < -0.4 is 5.32 Å². The zero-order valence-corrected chi connectivity index (χ0v) is 14.2. The molecule has 25 heavy (non-hydrogen) atoms. The van der Waals surface area contributed by atoms with E-state index in [9.17, 15) is 9.18 Å². The van der Waals surface area contributed by atoms with Crippen LogP contribution in [0.15, 0.2) is 22.9 Å². The number of halogens is 1. The SMILES string of the molecule is CC(C)c1noc(C(NC(=O)c2ccc(F)cn2)C2CCOCC2)n1. The van der Waals surface area contributed by atoms with Crippen LogP contribution in [0.3, 0.4) is 0 Å². The molecule has 2 aromatic rings. The Morgan fingerprint density at radius 2 is 2.08 bits per heavy atom. The van der Waals surface area contributed by atoms with Gasteiger partial charge in [0.2, 0.25) is 5.89 Å². The van der Waals surface area contributed by atoms with Crippen LogP contribution >= 0.6 is 0 Å². The standard InChI is InChI=1S/C17H21FN4O3/c1-10(2)15-21-17(25-22-15)14(11-5-7-24-8-6-11)20-16(23)13-4-3-12(18)9-19-13/h3-4,9-11,14H,5-8H2,1-2H3,(H,20,23). The second-order valence-electron chi connectivity index (χ2n) is 6.41. The van der Waals surface area contributed by atoms with Crippen LogP contribution in [0.2, 0.25) is 0 Å². The molecule has 0 saturated carbocycles. The van der Waals surface area contributed by atoms with Crippen LogP contribution in [-0.2, 0) is 4.74 Å². The Morgan fingerprint density at radius 3 is 2.68 bits per heavy atom. The monoisotopic (exact) mass is 348 g/mol. The van der Waals surface area contributed by atoms with Crippen LogP contribution in [0.4, 0.5) is 4.39 Å². The van der Waals surface area contributed by atoms with Crippen LogP contribution in [0, 0.1) is 11.7 Å². The molecule has 2 aromatic heterocycles. The maximum atomic E-state index is 13.0. The van der Waals surface area contributed by atoms with Gasteiger partial charge in [-0.1, -0.05) is 19.0 Å². The highest BCUT2D eigenvalue weighted by Gasteiger charge is 2.32. The summed E-state index contributed by atoms with van der Waals surface area (Å²) in [7, 11) is 0. The Morgan fingerprint density at radius 1 is 1.32 bits per heavy atom. The molecule has 3 heterocycles. The summed E-state index contributed by atoms with van der Waals surface area (Å²) in [6.07, 6.45) is 2.57. The molecule has 1 N–H and O–H groups in total.